The molecule has 0 saturated carbocycles. The van der Waals surface area contributed by atoms with E-state index in [9.17, 15) is 4.79 Å². The van der Waals surface area contributed by atoms with Gasteiger partial charge in [-0.2, -0.15) is 5.10 Å². The molecule has 0 amide bonds. The first kappa shape index (κ1) is 23.1. The molecule has 0 fully saturated rings. The summed E-state index contributed by atoms with van der Waals surface area (Å²) in [6, 6.07) is 7.28. The number of nitrogens with zero attached hydrogens (tertiary/aromatic N) is 3. The minimum atomic E-state index is -0.453. The van der Waals surface area contributed by atoms with Crippen LogP contribution in [0.5, 0.6) is 17.2 Å². The topological polar surface area (TPSA) is 84.2 Å². The molecule has 2 heterocycles. The van der Waals surface area contributed by atoms with Gasteiger partial charge in [0.05, 0.1) is 45.4 Å². The third-order valence-corrected chi connectivity index (χ3v) is 4.97. The number of aromatic nitrogens is 3. The molecule has 0 spiro atoms. The third kappa shape index (κ3) is 4.85. The maximum Gasteiger partial charge on any atom is 0.340 e. The summed E-state index contributed by atoms with van der Waals surface area (Å²) in [4.78, 5) is 17.7. The number of methoxy groups -OCH3 is 3. The molecule has 170 valence electrons. The predicted octanol–water partition coefficient (Wildman–Crippen LogP) is 4.20. The van der Waals surface area contributed by atoms with Crippen LogP contribution in [-0.2, 0) is 16.0 Å². The summed E-state index contributed by atoms with van der Waals surface area (Å²) in [5, 5.41) is 4.38. The maximum atomic E-state index is 13.0. The van der Waals surface area contributed by atoms with E-state index in [0.717, 1.165) is 25.0 Å². The second kappa shape index (κ2) is 10.7. The molecule has 8 nitrogen and oxygen atoms in total. The second-order valence-corrected chi connectivity index (χ2v) is 7.07. The predicted molar refractivity (Wildman–Crippen MR) is 122 cm³/mol. The zero-order chi connectivity index (χ0) is 23.1. The fourth-order valence-electron chi connectivity index (χ4n) is 3.44. The highest BCUT2D eigenvalue weighted by atomic mass is 16.5. The number of carbonyl (C=O) groups is 1. The van der Waals surface area contributed by atoms with Gasteiger partial charge in [-0.3, -0.25) is 0 Å². The van der Waals surface area contributed by atoms with E-state index in [4.69, 9.17) is 18.9 Å². The molecule has 0 atom stereocenters. The van der Waals surface area contributed by atoms with Crippen molar-refractivity contribution in [2.75, 3.05) is 27.9 Å². The summed E-state index contributed by atoms with van der Waals surface area (Å²) in [5.41, 5.74) is 3.23. The molecular weight excluding hydrogens is 410 g/mol. The zero-order valence-electron chi connectivity index (χ0n) is 19.2. The molecule has 0 unspecified atom stereocenters. The van der Waals surface area contributed by atoms with E-state index < -0.39 is 5.97 Å². The SMILES string of the molecule is CCCCc1cc(/C(=C/c2cc(OC)c(OC)c(OC)c2)C(=O)OCC)n2nccc2n1. The standard InChI is InChI=1S/C24H29N3O5/c1-6-8-9-17-15-19(27-22(26-17)10-11-25-27)18(24(28)32-7-2)12-16-13-20(29-3)23(31-5)21(14-16)30-4/h10-15H,6-9H2,1-5H3/b18-12-. The molecule has 2 aromatic heterocycles. The number of hydrogen-bond acceptors (Lipinski definition) is 7. The van der Waals surface area contributed by atoms with E-state index >= 15 is 0 Å². The van der Waals surface area contributed by atoms with Crippen LogP contribution in [0.25, 0.3) is 17.3 Å². The highest BCUT2D eigenvalue weighted by Gasteiger charge is 2.20. The van der Waals surface area contributed by atoms with Gasteiger partial charge in [-0.15, -0.1) is 0 Å². The fraction of sp³-hybridized carbons (Fsp3) is 0.375. The molecule has 0 saturated heterocycles. The molecule has 0 bridgehead atoms. The van der Waals surface area contributed by atoms with Gasteiger partial charge in [0.15, 0.2) is 17.1 Å². The average Bonchev–Trinajstić information content (AvgIpc) is 3.28. The Kier molecular flexibility index (Phi) is 7.70. The zero-order valence-corrected chi connectivity index (χ0v) is 19.2. The van der Waals surface area contributed by atoms with Crippen LogP contribution in [0.4, 0.5) is 0 Å². The number of rotatable bonds is 10. The molecule has 1 aromatic carbocycles. The number of carbonyl (C=O) groups excluding carboxylic acids is 1. The Labute approximate surface area is 187 Å². The van der Waals surface area contributed by atoms with Crippen molar-refractivity contribution in [1.82, 2.24) is 14.6 Å². The van der Waals surface area contributed by atoms with Crippen molar-refractivity contribution in [1.29, 1.82) is 0 Å². The molecule has 0 aliphatic rings. The summed E-state index contributed by atoms with van der Waals surface area (Å²) >= 11 is 0. The van der Waals surface area contributed by atoms with E-state index in [-0.39, 0.29) is 6.61 Å². The lowest BCUT2D eigenvalue weighted by Crippen LogP contribution is -2.12. The van der Waals surface area contributed by atoms with E-state index in [2.05, 4.69) is 17.0 Å². The van der Waals surface area contributed by atoms with Gasteiger partial charge in [0.1, 0.15) is 0 Å². The molecule has 0 aliphatic carbocycles. The maximum absolute atomic E-state index is 13.0. The van der Waals surface area contributed by atoms with Crippen molar-refractivity contribution in [3.05, 3.63) is 47.4 Å². The monoisotopic (exact) mass is 439 g/mol. The summed E-state index contributed by atoms with van der Waals surface area (Å²) in [5.74, 6) is 1.00. The molecule has 3 rings (SSSR count). The highest BCUT2D eigenvalue weighted by Crippen LogP contribution is 2.39. The number of ether oxygens (including phenoxy) is 4. The van der Waals surface area contributed by atoms with Gasteiger partial charge in [-0.05, 0) is 49.6 Å². The highest BCUT2D eigenvalue weighted by molar-refractivity contribution is 6.21. The van der Waals surface area contributed by atoms with E-state index in [1.807, 2.05) is 12.1 Å². The van der Waals surface area contributed by atoms with Gasteiger partial charge in [0, 0.05) is 11.8 Å². The lowest BCUT2D eigenvalue weighted by molar-refractivity contribution is -0.136. The van der Waals surface area contributed by atoms with Crippen molar-refractivity contribution >= 4 is 23.3 Å². The van der Waals surface area contributed by atoms with Crippen molar-refractivity contribution in [3.63, 3.8) is 0 Å². The van der Waals surface area contributed by atoms with E-state index in [1.165, 1.54) is 0 Å². The lowest BCUT2D eigenvalue weighted by Gasteiger charge is -2.14. The minimum Gasteiger partial charge on any atom is -0.493 e. The molecule has 8 heteroatoms. The number of aryl methyl sites for hydroxylation is 1. The second-order valence-electron chi connectivity index (χ2n) is 7.07. The Hall–Kier alpha value is -3.55. The Bertz CT molecular complexity index is 1100. The molecule has 3 aromatic rings. The first-order chi connectivity index (χ1) is 15.6. The summed E-state index contributed by atoms with van der Waals surface area (Å²) < 4.78 is 23.3. The van der Waals surface area contributed by atoms with Crippen LogP contribution < -0.4 is 14.2 Å². The van der Waals surface area contributed by atoms with Crippen LogP contribution >= 0.6 is 0 Å². The molecule has 32 heavy (non-hydrogen) atoms. The first-order valence-corrected chi connectivity index (χ1v) is 10.6. The van der Waals surface area contributed by atoms with Crippen LogP contribution in [0, 0.1) is 0 Å². The average molecular weight is 440 g/mol. The van der Waals surface area contributed by atoms with E-state index in [1.54, 1.807) is 57.2 Å². The van der Waals surface area contributed by atoms with Gasteiger partial charge >= 0.3 is 5.97 Å². The third-order valence-electron chi connectivity index (χ3n) is 4.97. The van der Waals surface area contributed by atoms with Gasteiger partial charge in [-0.1, -0.05) is 13.3 Å². The molecular formula is C24H29N3O5. The van der Waals surface area contributed by atoms with E-state index in [0.29, 0.717) is 39.7 Å². The van der Waals surface area contributed by atoms with Crippen molar-refractivity contribution < 1.29 is 23.7 Å². The van der Waals surface area contributed by atoms with Crippen molar-refractivity contribution in [3.8, 4) is 17.2 Å². The largest absolute Gasteiger partial charge is 0.493 e. The number of fused-ring (bicyclic) bond motifs is 1. The Morgan fingerprint density at radius 2 is 1.78 bits per heavy atom. The number of esters is 1. The number of benzene rings is 1. The smallest absolute Gasteiger partial charge is 0.340 e. The Balaban J connectivity index is 2.22. The number of unbranched alkanes of at least 4 members (excludes halogenated alkanes) is 1. The molecule has 0 aliphatic heterocycles. The Morgan fingerprint density at radius 3 is 2.38 bits per heavy atom. The van der Waals surface area contributed by atoms with Crippen LogP contribution in [-0.4, -0.2) is 48.5 Å². The van der Waals surface area contributed by atoms with Crippen LogP contribution in [0.1, 0.15) is 43.6 Å². The fourth-order valence-corrected chi connectivity index (χ4v) is 3.44. The Morgan fingerprint density at radius 1 is 1.06 bits per heavy atom. The summed E-state index contributed by atoms with van der Waals surface area (Å²) in [7, 11) is 4.64. The lowest BCUT2D eigenvalue weighted by atomic mass is 10.0. The normalized spacial score (nSPS) is 11.5. The quantitative estimate of drug-likeness (QED) is 0.346. The van der Waals surface area contributed by atoms with Gasteiger partial charge in [-0.25, -0.2) is 14.3 Å². The number of hydrogen-bond donors (Lipinski definition) is 0. The molecule has 0 radical (unpaired) electrons. The molecule has 0 N–H and O–H groups in total. The van der Waals surface area contributed by atoms with Crippen molar-refractivity contribution in [2.24, 2.45) is 0 Å². The van der Waals surface area contributed by atoms with Crippen LogP contribution in [0.2, 0.25) is 0 Å². The summed E-state index contributed by atoms with van der Waals surface area (Å²) in [6.07, 6.45) is 6.27. The van der Waals surface area contributed by atoms with Gasteiger partial charge in [0.25, 0.3) is 0 Å². The van der Waals surface area contributed by atoms with Gasteiger partial charge in [0.2, 0.25) is 5.75 Å². The first-order valence-electron chi connectivity index (χ1n) is 10.6. The van der Waals surface area contributed by atoms with Crippen LogP contribution in [0.15, 0.2) is 30.5 Å². The van der Waals surface area contributed by atoms with Gasteiger partial charge < -0.3 is 18.9 Å². The minimum absolute atomic E-state index is 0.251. The van der Waals surface area contributed by atoms with Crippen molar-refractivity contribution in [2.45, 2.75) is 33.1 Å². The van der Waals surface area contributed by atoms with Crippen LogP contribution in [0.3, 0.4) is 0 Å². The summed E-state index contributed by atoms with van der Waals surface area (Å²) in [6.45, 7) is 4.16.